The van der Waals surface area contributed by atoms with Crippen LogP contribution in [-0.4, -0.2) is 18.6 Å². The van der Waals surface area contributed by atoms with Gasteiger partial charge in [-0.15, -0.1) is 0 Å². The number of benzene rings is 1. The molecular weight excluding hydrogens is 308 g/mol. The fourth-order valence-electron chi connectivity index (χ4n) is 2.10. The number of hydrogen-bond acceptors (Lipinski definition) is 5. The van der Waals surface area contributed by atoms with Gasteiger partial charge in [-0.2, -0.15) is 0 Å². The van der Waals surface area contributed by atoms with Gasteiger partial charge in [0.1, 0.15) is 10.7 Å². The number of hydrogen-bond donors (Lipinski definition) is 1. The highest BCUT2D eigenvalue weighted by Gasteiger charge is 2.20. The lowest BCUT2D eigenvalue weighted by Gasteiger charge is -2.09. The third-order valence-electron chi connectivity index (χ3n) is 3.20. The van der Waals surface area contributed by atoms with E-state index in [1.54, 1.807) is 38.1 Å². The van der Waals surface area contributed by atoms with Crippen molar-refractivity contribution in [1.82, 2.24) is 5.16 Å². The first kappa shape index (κ1) is 15.7. The Kier molecular flexibility index (Phi) is 4.43. The van der Waals surface area contributed by atoms with Crippen LogP contribution in [0.15, 0.2) is 28.8 Å². The van der Waals surface area contributed by atoms with E-state index in [0.717, 1.165) is 0 Å². The van der Waals surface area contributed by atoms with Gasteiger partial charge in [0, 0.05) is 11.1 Å². The van der Waals surface area contributed by atoms with Crippen LogP contribution < -0.4 is 5.73 Å². The van der Waals surface area contributed by atoms with Crippen molar-refractivity contribution in [2.24, 2.45) is 5.73 Å². The van der Waals surface area contributed by atoms with E-state index >= 15 is 0 Å². The number of nitrogens with two attached hydrogens (primary N) is 1. The molecule has 1 aromatic carbocycles. The molecule has 2 rings (SSSR count). The average Bonchev–Trinajstić information content (AvgIpc) is 2.70. The lowest BCUT2D eigenvalue weighted by molar-refractivity contribution is 0.392. The summed E-state index contributed by atoms with van der Waals surface area (Å²) in [5, 5.41) is 3.77. The quantitative estimate of drug-likeness (QED) is 0.847. The van der Waals surface area contributed by atoms with E-state index in [-0.39, 0.29) is 16.5 Å². The zero-order chi connectivity index (χ0) is 15.6. The van der Waals surface area contributed by atoms with E-state index in [4.69, 9.17) is 22.5 Å². The van der Waals surface area contributed by atoms with E-state index in [0.29, 0.717) is 28.1 Å². The largest absolute Gasteiger partial charge is 0.389 e. The number of nitrogens with zero attached hydrogens (tertiary/aromatic N) is 1. The summed E-state index contributed by atoms with van der Waals surface area (Å²) in [6.45, 7) is 3.43. The number of thiocarbonyl (C=S) groups is 1. The smallest absolute Gasteiger partial charge is 0.158 e. The summed E-state index contributed by atoms with van der Waals surface area (Å²) in [6, 6.07) is 6.99. The molecule has 112 valence electrons. The maximum absolute atomic E-state index is 12.4. The van der Waals surface area contributed by atoms with E-state index in [9.17, 15) is 8.42 Å². The van der Waals surface area contributed by atoms with Crippen LogP contribution in [0, 0.1) is 13.8 Å². The molecule has 0 fully saturated rings. The summed E-state index contributed by atoms with van der Waals surface area (Å²) in [5.41, 5.74) is 8.04. The van der Waals surface area contributed by atoms with Crippen molar-refractivity contribution in [3.05, 3.63) is 52.4 Å². The van der Waals surface area contributed by atoms with E-state index in [1.807, 2.05) is 0 Å². The second kappa shape index (κ2) is 5.95. The van der Waals surface area contributed by atoms with Crippen molar-refractivity contribution in [2.45, 2.75) is 25.4 Å². The van der Waals surface area contributed by atoms with Crippen molar-refractivity contribution < 1.29 is 12.9 Å². The minimum absolute atomic E-state index is 0.111. The SMILES string of the molecule is Cc1noc(C)c1CS(=O)(=O)Cc1ccccc1C(N)=S. The molecule has 0 saturated heterocycles. The van der Waals surface area contributed by atoms with Gasteiger partial charge in [0.15, 0.2) is 9.84 Å². The molecule has 2 aromatic rings. The zero-order valence-corrected chi connectivity index (χ0v) is 13.4. The maximum Gasteiger partial charge on any atom is 0.158 e. The Hall–Kier alpha value is -1.73. The second-order valence-electron chi connectivity index (χ2n) is 4.86. The van der Waals surface area contributed by atoms with Gasteiger partial charge >= 0.3 is 0 Å². The highest BCUT2D eigenvalue weighted by molar-refractivity contribution is 7.89. The standard InChI is InChI=1S/C14H16N2O3S2/c1-9-13(10(2)19-16-9)8-21(17,18)7-11-5-3-4-6-12(11)14(15)20/h3-6H,7-8H2,1-2H3,(H2,15,20). The van der Waals surface area contributed by atoms with Gasteiger partial charge in [0.05, 0.1) is 17.2 Å². The Bertz CT molecular complexity index is 760. The third kappa shape index (κ3) is 3.68. The van der Waals surface area contributed by atoms with Gasteiger partial charge in [-0.3, -0.25) is 0 Å². The van der Waals surface area contributed by atoms with Gasteiger partial charge in [-0.25, -0.2) is 8.42 Å². The highest BCUT2D eigenvalue weighted by atomic mass is 32.2. The molecule has 0 amide bonds. The van der Waals surface area contributed by atoms with Crippen molar-refractivity contribution in [3.63, 3.8) is 0 Å². The fraction of sp³-hybridized carbons (Fsp3) is 0.286. The van der Waals surface area contributed by atoms with Crippen molar-refractivity contribution in [1.29, 1.82) is 0 Å². The normalized spacial score (nSPS) is 11.5. The molecule has 0 saturated carbocycles. The predicted molar refractivity (Wildman–Crippen MR) is 84.6 cm³/mol. The summed E-state index contributed by atoms with van der Waals surface area (Å²) in [6.07, 6.45) is 0. The topological polar surface area (TPSA) is 86.2 Å². The van der Waals surface area contributed by atoms with Gasteiger partial charge in [-0.1, -0.05) is 41.6 Å². The number of aryl methyl sites for hydroxylation is 2. The van der Waals surface area contributed by atoms with Gasteiger partial charge in [-0.05, 0) is 19.4 Å². The number of aromatic nitrogens is 1. The fourth-order valence-corrected chi connectivity index (χ4v) is 3.98. The lowest BCUT2D eigenvalue weighted by Crippen LogP contribution is -2.15. The second-order valence-corrected chi connectivity index (χ2v) is 7.36. The van der Waals surface area contributed by atoms with Crippen LogP contribution in [-0.2, 0) is 21.3 Å². The van der Waals surface area contributed by atoms with Gasteiger partial charge in [0.2, 0.25) is 0 Å². The van der Waals surface area contributed by atoms with E-state index in [1.165, 1.54) is 0 Å². The van der Waals surface area contributed by atoms with Gasteiger partial charge in [0.25, 0.3) is 0 Å². The molecule has 0 aliphatic carbocycles. The molecule has 0 bridgehead atoms. The maximum atomic E-state index is 12.4. The van der Waals surface area contributed by atoms with Crippen molar-refractivity contribution in [2.75, 3.05) is 0 Å². The molecule has 1 heterocycles. The summed E-state index contributed by atoms with van der Waals surface area (Å²) in [7, 11) is -3.37. The number of rotatable bonds is 5. The monoisotopic (exact) mass is 324 g/mol. The van der Waals surface area contributed by atoms with Crippen LogP contribution in [0.2, 0.25) is 0 Å². The molecule has 2 N–H and O–H groups in total. The lowest BCUT2D eigenvalue weighted by atomic mass is 10.1. The Balaban J connectivity index is 2.29. The van der Waals surface area contributed by atoms with Crippen LogP contribution in [0.25, 0.3) is 0 Å². The van der Waals surface area contributed by atoms with E-state index < -0.39 is 9.84 Å². The molecular formula is C14H16N2O3S2. The van der Waals surface area contributed by atoms with Crippen LogP contribution in [0.4, 0.5) is 0 Å². The molecule has 0 radical (unpaired) electrons. The summed E-state index contributed by atoms with van der Waals surface area (Å²) >= 11 is 4.95. The Labute approximate surface area is 129 Å². The van der Waals surface area contributed by atoms with Crippen LogP contribution in [0.1, 0.15) is 28.1 Å². The summed E-state index contributed by atoms with van der Waals surface area (Å²) in [4.78, 5) is 0.193. The molecule has 5 nitrogen and oxygen atoms in total. The molecule has 21 heavy (non-hydrogen) atoms. The van der Waals surface area contributed by atoms with Crippen LogP contribution in [0.3, 0.4) is 0 Å². The first-order valence-electron chi connectivity index (χ1n) is 6.30. The van der Waals surface area contributed by atoms with E-state index in [2.05, 4.69) is 5.16 Å². The average molecular weight is 324 g/mol. The van der Waals surface area contributed by atoms with Crippen molar-refractivity contribution >= 4 is 27.0 Å². The molecule has 7 heteroatoms. The Morgan fingerprint density at radius 1 is 1.29 bits per heavy atom. The van der Waals surface area contributed by atoms with Crippen molar-refractivity contribution in [3.8, 4) is 0 Å². The Morgan fingerprint density at radius 2 is 1.95 bits per heavy atom. The third-order valence-corrected chi connectivity index (χ3v) is 4.90. The highest BCUT2D eigenvalue weighted by Crippen LogP contribution is 2.20. The Morgan fingerprint density at radius 3 is 2.52 bits per heavy atom. The van der Waals surface area contributed by atoms with Gasteiger partial charge < -0.3 is 10.3 Å². The zero-order valence-electron chi connectivity index (χ0n) is 11.8. The number of sulfone groups is 1. The molecule has 0 unspecified atom stereocenters. The molecule has 1 aromatic heterocycles. The predicted octanol–water partition coefficient (Wildman–Crippen LogP) is 2.04. The first-order valence-corrected chi connectivity index (χ1v) is 8.53. The minimum atomic E-state index is -3.37. The molecule has 0 atom stereocenters. The first-order chi connectivity index (χ1) is 9.80. The van der Waals surface area contributed by atoms with Crippen LogP contribution in [0.5, 0.6) is 0 Å². The molecule has 0 spiro atoms. The minimum Gasteiger partial charge on any atom is -0.389 e. The molecule has 0 aliphatic heterocycles. The summed E-state index contributed by atoms with van der Waals surface area (Å²) in [5.74, 6) is 0.295. The van der Waals surface area contributed by atoms with Crippen LogP contribution >= 0.6 is 12.2 Å². The molecule has 0 aliphatic rings. The summed E-state index contributed by atoms with van der Waals surface area (Å²) < 4.78 is 29.8.